The van der Waals surface area contributed by atoms with Gasteiger partial charge in [-0.3, -0.25) is 4.79 Å². The van der Waals surface area contributed by atoms with Crippen LogP contribution in [0.25, 0.3) is 21.6 Å². The van der Waals surface area contributed by atoms with Gasteiger partial charge in [0.2, 0.25) is 0 Å². The van der Waals surface area contributed by atoms with Gasteiger partial charge >= 0.3 is 0 Å². The van der Waals surface area contributed by atoms with Crippen LogP contribution < -0.4 is 0 Å². The lowest BCUT2D eigenvalue weighted by Gasteiger charge is -2.06. The third-order valence-electron chi connectivity index (χ3n) is 3.56. The van der Waals surface area contributed by atoms with Crippen LogP contribution in [0.4, 0.5) is 0 Å². The molecule has 0 aliphatic heterocycles. The summed E-state index contributed by atoms with van der Waals surface area (Å²) in [5, 5.41) is 0. The molecule has 0 fully saturated rings. The lowest BCUT2D eigenvalue weighted by Crippen LogP contribution is -1.90. The van der Waals surface area contributed by atoms with Gasteiger partial charge in [0.1, 0.15) is 0 Å². The van der Waals surface area contributed by atoms with E-state index in [0.717, 1.165) is 21.6 Å². The minimum absolute atomic E-state index is 0.136. The predicted molar refractivity (Wildman–Crippen MR) is 89.9 cm³/mol. The monoisotopic (exact) mass is 292 g/mol. The highest BCUT2D eigenvalue weighted by molar-refractivity contribution is 7.18. The Balaban J connectivity index is 2.29. The summed E-state index contributed by atoms with van der Waals surface area (Å²) in [6.45, 7) is 3.68. The molecule has 0 spiro atoms. The number of thiophene rings is 1. The quantitative estimate of drug-likeness (QED) is 0.575. The van der Waals surface area contributed by atoms with Gasteiger partial charge in [-0.1, -0.05) is 60.7 Å². The number of hydrogen-bond acceptors (Lipinski definition) is 2. The van der Waals surface area contributed by atoms with E-state index >= 15 is 0 Å². The van der Waals surface area contributed by atoms with Gasteiger partial charge in [0.25, 0.3) is 0 Å². The van der Waals surface area contributed by atoms with Crippen LogP contribution in [-0.4, -0.2) is 5.78 Å². The zero-order chi connectivity index (χ0) is 14.8. The van der Waals surface area contributed by atoms with E-state index < -0.39 is 0 Å². The Labute approximate surface area is 128 Å². The van der Waals surface area contributed by atoms with Crippen LogP contribution in [0.5, 0.6) is 0 Å². The molecule has 0 amide bonds. The molecular weight excluding hydrogens is 276 g/mol. The fourth-order valence-electron chi connectivity index (χ4n) is 2.59. The van der Waals surface area contributed by atoms with Gasteiger partial charge in [0.05, 0.1) is 4.88 Å². The molecular formula is C19H16OS. The standard InChI is InChI=1S/C19H16OS/c1-13-17(15-9-5-3-6-10-15)19(21-18(13)14(2)20)16-11-7-4-8-12-16/h3-12H,1-2H3. The van der Waals surface area contributed by atoms with Gasteiger partial charge in [-0.05, 0) is 30.5 Å². The molecule has 0 radical (unpaired) electrons. The topological polar surface area (TPSA) is 17.1 Å². The van der Waals surface area contributed by atoms with E-state index in [1.807, 2.05) is 43.3 Å². The van der Waals surface area contributed by atoms with E-state index in [1.54, 1.807) is 18.3 Å². The third-order valence-corrected chi connectivity index (χ3v) is 5.01. The van der Waals surface area contributed by atoms with E-state index in [1.165, 1.54) is 10.4 Å². The zero-order valence-electron chi connectivity index (χ0n) is 12.1. The normalized spacial score (nSPS) is 10.6. The highest BCUT2D eigenvalue weighted by Gasteiger charge is 2.19. The summed E-state index contributed by atoms with van der Waals surface area (Å²) in [6, 6.07) is 20.6. The zero-order valence-corrected chi connectivity index (χ0v) is 12.9. The minimum Gasteiger partial charge on any atom is -0.294 e. The Bertz CT molecular complexity index is 770. The molecule has 1 nitrogen and oxygen atoms in total. The van der Waals surface area contributed by atoms with Gasteiger partial charge in [-0.2, -0.15) is 0 Å². The highest BCUT2D eigenvalue weighted by Crippen LogP contribution is 2.42. The number of carbonyl (C=O) groups is 1. The van der Waals surface area contributed by atoms with Crippen LogP contribution in [0, 0.1) is 6.92 Å². The van der Waals surface area contributed by atoms with Crippen LogP contribution in [0.3, 0.4) is 0 Å². The molecule has 0 saturated heterocycles. The Hall–Kier alpha value is -2.19. The number of Topliss-reactive ketones (excluding diaryl/α,β-unsaturated/α-hetero) is 1. The molecule has 2 aromatic carbocycles. The maximum atomic E-state index is 11.9. The van der Waals surface area contributed by atoms with Gasteiger partial charge in [-0.25, -0.2) is 0 Å². The van der Waals surface area contributed by atoms with Crippen molar-refractivity contribution in [1.29, 1.82) is 0 Å². The molecule has 0 bridgehead atoms. The number of hydrogen-bond donors (Lipinski definition) is 0. The summed E-state index contributed by atoms with van der Waals surface area (Å²) in [6.07, 6.45) is 0. The van der Waals surface area contributed by atoms with Crippen molar-refractivity contribution in [3.63, 3.8) is 0 Å². The first-order valence-corrected chi connectivity index (χ1v) is 7.75. The van der Waals surface area contributed by atoms with Gasteiger partial charge in [-0.15, -0.1) is 11.3 Å². The van der Waals surface area contributed by atoms with Crippen LogP contribution >= 0.6 is 11.3 Å². The maximum Gasteiger partial charge on any atom is 0.170 e. The fraction of sp³-hybridized carbons (Fsp3) is 0.105. The molecule has 0 saturated carbocycles. The molecule has 0 unspecified atom stereocenters. The van der Waals surface area contributed by atoms with E-state index in [9.17, 15) is 4.79 Å². The molecule has 3 rings (SSSR count). The molecule has 21 heavy (non-hydrogen) atoms. The molecule has 2 heteroatoms. The van der Waals surface area contributed by atoms with Crippen LogP contribution in [0.2, 0.25) is 0 Å². The second kappa shape index (κ2) is 5.66. The molecule has 0 atom stereocenters. The van der Waals surface area contributed by atoms with Gasteiger partial charge in [0.15, 0.2) is 5.78 Å². The second-order valence-electron chi connectivity index (χ2n) is 5.05. The summed E-state index contributed by atoms with van der Waals surface area (Å²) >= 11 is 1.59. The molecule has 3 aromatic rings. The van der Waals surface area contributed by atoms with E-state index in [0.29, 0.717) is 0 Å². The van der Waals surface area contributed by atoms with Crippen molar-refractivity contribution in [3.05, 3.63) is 71.1 Å². The number of benzene rings is 2. The first kappa shape index (κ1) is 13.8. The maximum absolute atomic E-state index is 11.9. The number of rotatable bonds is 3. The predicted octanol–water partition coefficient (Wildman–Crippen LogP) is 5.59. The second-order valence-corrected chi connectivity index (χ2v) is 6.07. The highest BCUT2D eigenvalue weighted by atomic mass is 32.1. The molecule has 0 N–H and O–H groups in total. The molecule has 0 aliphatic carbocycles. The van der Waals surface area contributed by atoms with Gasteiger partial charge < -0.3 is 0 Å². The lowest BCUT2D eigenvalue weighted by molar-refractivity contribution is 0.102. The van der Waals surface area contributed by atoms with E-state index in [4.69, 9.17) is 0 Å². The van der Waals surface area contributed by atoms with Crippen molar-refractivity contribution >= 4 is 17.1 Å². The van der Waals surface area contributed by atoms with Crippen molar-refractivity contribution in [1.82, 2.24) is 0 Å². The number of ketones is 1. The molecule has 1 aromatic heterocycles. The van der Waals surface area contributed by atoms with Crippen LogP contribution in [0.15, 0.2) is 60.7 Å². The van der Waals surface area contributed by atoms with Crippen molar-refractivity contribution in [3.8, 4) is 21.6 Å². The average Bonchev–Trinajstić information content (AvgIpc) is 2.87. The van der Waals surface area contributed by atoms with E-state index in [2.05, 4.69) is 24.3 Å². The van der Waals surface area contributed by atoms with Crippen molar-refractivity contribution in [2.45, 2.75) is 13.8 Å². The first-order valence-electron chi connectivity index (χ1n) is 6.93. The average molecular weight is 292 g/mol. The van der Waals surface area contributed by atoms with E-state index in [-0.39, 0.29) is 5.78 Å². The summed E-state index contributed by atoms with van der Waals surface area (Å²) in [4.78, 5) is 13.9. The SMILES string of the molecule is CC(=O)c1sc(-c2ccccc2)c(-c2ccccc2)c1C. The van der Waals surface area contributed by atoms with Crippen molar-refractivity contribution in [2.24, 2.45) is 0 Å². The Morgan fingerprint density at radius 1 is 0.857 bits per heavy atom. The number of carbonyl (C=O) groups excluding carboxylic acids is 1. The summed E-state index contributed by atoms with van der Waals surface area (Å²) < 4.78 is 0. The van der Waals surface area contributed by atoms with Crippen LogP contribution in [-0.2, 0) is 0 Å². The van der Waals surface area contributed by atoms with Crippen molar-refractivity contribution < 1.29 is 4.79 Å². The first-order chi connectivity index (χ1) is 10.2. The summed E-state index contributed by atoms with van der Waals surface area (Å²) in [7, 11) is 0. The molecule has 104 valence electrons. The van der Waals surface area contributed by atoms with Gasteiger partial charge in [0, 0.05) is 10.4 Å². The third kappa shape index (κ3) is 2.55. The summed E-state index contributed by atoms with van der Waals surface area (Å²) in [5.74, 6) is 0.136. The van der Waals surface area contributed by atoms with Crippen molar-refractivity contribution in [2.75, 3.05) is 0 Å². The van der Waals surface area contributed by atoms with Crippen LogP contribution in [0.1, 0.15) is 22.2 Å². The fourth-order valence-corrected chi connectivity index (χ4v) is 3.82. The lowest BCUT2D eigenvalue weighted by atomic mass is 9.97. The largest absolute Gasteiger partial charge is 0.294 e. The Morgan fingerprint density at radius 2 is 1.38 bits per heavy atom. The molecule has 0 aliphatic rings. The summed E-state index contributed by atoms with van der Waals surface area (Å²) in [5.41, 5.74) is 4.59. The Kier molecular flexibility index (Phi) is 3.72. The Morgan fingerprint density at radius 3 is 1.90 bits per heavy atom. The smallest absolute Gasteiger partial charge is 0.170 e. The minimum atomic E-state index is 0.136. The molecule has 1 heterocycles.